The van der Waals surface area contributed by atoms with Crippen molar-refractivity contribution in [3.8, 4) is 11.4 Å². The van der Waals surface area contributed by atoms with E-state index in [-0.39, 0.29) is 22.5 Å². The number of sulfonamides is 1. The van der Waals surface area contributed by atoms with Crippen molar-refractivity contribution in [2.24, 2.45) is 5.92 Å². The van der Waals surface area contributed by atoms with Gasteiger partial charge in [0.1, 0.15) is 0 Å². The predicted octanol–water partition coefficient (Wildman–Crippen LogP) is 3.17. The van der Waals surface area contributed by atoms with E-state index in [1.54, 1.807) is 33.5 Å². The zero-order valence-corrected chi connectivity index (χ0v) is 18.1. The number of carbonyl (C=O) groups is 1. The summed E-state index contributed by atoms with van der Waals surface area (Å²) in [6.45, 7) is 4.70. The first-order valence-corrected chi connectivity index (χ1v) is 12.1. The van der Waals surface area contributed by atoms with E-state index >= 15 is 0 Å². The Morgan fingerprint density at radius 2 is 1.63 bits per heavy atom. The maximum absolute atomic E-state index is 12.9. The van der Waals surface area contributed by atoms with Gasteiger partial charge in [-0.25, -0.2) is 8.42 Å². The fourth-order valence-electron chi connectivity index (χ4n) is 3.98. The van der Waals surface area contributed by atoms with E-state index in [0.717, 1.165) is 38.5 Å². The summed E-state index contributed by atoms with van der Waals surface area (Å²) in [6.07, 6.45) is 5.87. The van der Waals surface area contributed by atoms with Crippen LogP contribution in [-0.2, 0) is 10.0 Å². The second-order valence-corrected chi connectivity index (χ2v) is 10.2. The third kappa shape index (κ3) is 4.41. The van der Waals surface area contributed by atoms with Crippen molar-refractivity contribution in [1.82, 2.24) is 19.3 Å². The number of piperidine rings is 1. The molecule has 1 amide bonds. The first-order valence-electron chi connectivity index (χ1n) is 10.7. The molecule has 0 radical (unpaired) electrons. The van der Waals surface area contributed by atoms with E-state index in [1.807, 2.05) is 0 Å². The average molecular weight is 433 g/mol. The summed E-state index contributed by atoms with van der Waals surface area (Å²) in [6, 6.07) is 6.46. The van der Waals surface area contributed by atoms with E-state index in [1.165, 1.54) is 0 Å². The molecule has 0 atom stereocenters. The Morgan fingerprint density at radius 3 is 2.27 bits per heavy atom. The Morgan fingerprint density at radius 1 is 1.00 bits per heavy atom. The van der Waals surface area contributed by atoms with Crippen LogP contribution < -0.4 is 0 Å². The molecule has 0 bridgehead atoms. The van der Waals surface area contributed by atoms with Crippen LogP contribution in [0.1, 0.15) is 56.1 Å². The Labute approximate surface area is 177 Å². The van der Waals surface area contributed by atoms with Crippen LogP contribution in [0.3, 0.4) is 0 Å². The number of likely N-dealkylation sites (tertiary alicyclic amines) is 1. The number of carbonyl (C=O) groups excluding carboxylic acids is 1. The van der Waals surface area contributed by atoms with Gasteiger partial charge in [-0.05, 0) is 55.9 Å². The highest BCUT2D eigenvalue weighted by Crippen LogP contribution is 2.24. The molecule has 9 heteroatoms. The number of hydrogen-bond donors (Lipinski definition) is 0. The molecule has 30 heavy (non-hydrogen) atoms. The maximum Gasteiger partial charge on any atom is 0.316 e. The third-order valence-corrected chi connectivity index (χ3v) is 7.91. The summed E-state index contributed by atoms with van der Waals surface area (Å²) >= 11 is 0. The highest BCUT2D eigenvalue weighted by atomic mass is 32.2. The molecule has 8 nitrogen and oxygen atoms in total. The van der Waals surface area contributed by atoms with E-state index in [9.17, 15) is 13.2 Å². The van der Waals surface area contributed by atoms with E-state index in [2.05, 4.69) is 17.1 Å². The Bertz CT molecular complexity index is 971. The van der Waals surface area contributed by atoms with Gasteiger partial charge in [-0.3, -0.25) is 4.79 Å². The molecule has 2 aliphatic rings. The van der Waals surface area contributed by atoms with Gasteiger partial charge in [0.15, 0.2) is 0 Å². The molecule has 4 rings (SSSR count). The molecule has 0 N–H and O–H groups in total. The van der Waals surface area contributed by atoms with E-state index < -0.39 is 10.0 Å². The lowest BCUT2D eigenvalue weighted by Gasteiger charge is -2.28. The molecule has 2 aromatic rings. The summed E-state index contributed by atoms with van der Waals surface area (Å²) in [5, 5.41) is 3.92. The molecule has 0 saturated carbocycles. The first kappa shape index (κ1) is 21.0. The molecule has 3 heterocycles. The normalized spacial score (nSPS) is 19.6. The molecular weight excluding hydrogens is 404 g/mol. The first-order chi connectivity index (χ1) is 14.4. The fourth-order valence-corrected chi connectivity index (χ4v) is 5.50. The van der Waals surface area contributed by atoms with Gasteiger partial charge >= 0.3 is 11.8 Å². The summed E-state index contributed by atoms with van der Waals surface area (Å²) < 4.78 is 32.6. The lowest BCUT2D eigenvalue weighted by molar-refractivity contribution is 0.0647. The molecule has 2 aliphatic heterocycles. The van der Waals surface area contributed by atoms with Crippen molar-refractivity contribution in [2.75, 3.05) is 26.2 Å². The minimum atomic E-state index is -3.50. The largest absolute Gasteiger partial charge is 0.334 e. The molecule has 0 spiro atoms. The third-order valence-electron chi connectivity index (χ3n) is 6.00. The second kappa shape index (κ2) is 8.85. The van der Waals surface area contributed by atoms with Crippen LogP contribution in [0.15, 0.2) is 33.7 Å². The lowest BCUT2D eigenvalue weighted by atomic mass is 9.99. The van der Waals surface area contributed by atoms with E-state index in [0.29, 0.717) is 37.7 Å². The zero-order valence-electron chi connectivity index (χ0n) is 17.3. The number of aromatic nitrogens is 2. The van der Waals surface area contributed by atoms with Crippen molar-refractivity contribution >= 4 is 15.9 Å². The predicted molar refractivity (Wildman–Crippen MR) is 111 cm³/mol. The Hall–Kier alpha value is -2.26. The Kier molecular flexibility index (Phi) is 6.19. The summed E-state index contributed by atoms with van der Waals surface area (Å²) in [4.78, 5) is 18.8. The number of benzene rings is 1. The summed E-state index contributed by atoms with van der Waals surface area (Å²) in [5.41, 5.74) is 0.611. The highest BCUT2D eigenvalue weighted by molar-refractivity contribution is 7.89. The number of rotatable bonds is 4. The average Bonchev–Trinajstić information content (AvgIpc) is 3.08. The molecule has 162 valence electrons. The van der Waals surface area contributed by atoms with Crippen molar-refractivity contribution in [3.05, 3.63) is 30.2 Å². The van der Waals surface area contributed by atoms with Gasteiger partial charge in [0.25, 0.3) is 0 Å². The summed E-state index contributed by atoms with van der Waals surface area (Å²) in [7, 11) is -3.50. The van der Waals surface area contributed by atoms with Gasteiger partial charge in [-0.1, -0.05) is 24.9 Å². The lowest BCUT2D eigenvalue weighted by Crippen LogP contribution is -2.38. The summed E-state index contributed by atoms with van der Waals surface area (Å²) in [5.74, 6) is 0.626. The Balaban J connectivity index is 1.47. The van der Waals surface area contributed by atoms with Gasteiger partial charge in [0, 0.05) is 31.7 Å². The quantitative estimate of drug-likeness (QED) is 0.736. The van der Waals surface area contributed by atoms with Crippen LogP contribution >= 0.6 is 0 Å². The van der Waals surface area contributed by atoms with Gasteiger partial charge < -0.3 is 9.42 Å². The fraction of sp³-hybridized carbons (Fsp3) is 0.571. The van der Waals surface area contributed by atoms with Crippen LogP contribution in [0.5, 0.6) is 0 Å². The van der Waals surface area contributed by atoms with Crippen molar-refractivity contribution in [1.29, 1.82) is 0 Å². The molecule has 1 aromatic carbocycles. The van der Waals surface area contributed by atoms with Crippen LogP contribution in [0.2, 0.25) is 0 Å². The second-order valence-electron chi connectivity index (χ2n) is 8.24. The molecular formula is C21H28N4O4S. The monoisotopic (exact) mass is 432 g/mol. The standard InChI is InChI=1S/C21H28N4O4S/c1-16-10-14-24(15-11-16)21(26)20-22-19(23-29-20)17-6-8-18(9-7-17)30(27,28)25-12-4-2-3-5-13-25/h6-9,16H,2-5,10-15H2,1H3. The molecule has 1 aromatic heterocycles. The van der Waals surface area contributed by atoms with Crippen LogP contribution in [-0.4, -0.2) is 59.8 Å². The topological polar surface area (TPSA) is 96.6 Å². The molecule has 0 unspecified atom stereocenters. The highest BCUT2D eigenvalue weighted by Gasteiger charge is 2.27. The SMILES string of the molecule is CC1CCN(C(=O)c2nc(-c3ccc(S(=O)(=O)N4CCCCCC4)cc3)no2)CC1. The van der Waals surface area contributed by atoms with E-state index in [4.69, 9.17) is 4.52 Å². The zero-order chi connectivity index (χ0) is 21.1. The van der Waals surface area contributed by atoms with Crippen LogP contribution in [0.4, 0.5) is 0 Å². The van der Waals surface area contributed by atoms with Crippen LogP contribution in [0, 0.1) is 5.92 Å². The van der Waals surface area contributed by atoms with Gasteiger partial charge in [-0.15, -0.1) is 0 Å². The van der Waals surface area contributed by atoms with Gasteiger partial charge in [0.2, 0.25) is 15.8 Å². The van der Waals surface area contributed by atoms with Gasteiger partial charge in [-0.2, -0.15) is 9.29 Å². The van der Waals surface area contributed by atoms with Gasteiger partial charge in [0.05, 0.1) is 4.90 Å². The number of amides is 1. The minimum absolute atomic E-state index is 0.0270. The molecule has 2 saturated heterocycles. The smallest absolute Gasteiger partial charge is 0.316 e. The van der Waals surface area contributed by atoms with Crippen molar-refractivity contribution < 1.29 is 17.7 Å². The maximum atomic E-state index is 12.9. The molecule has 0 aliphatic carbocycles. The number of hydrogen-bond acceptors (Lipinski definition) is 6. The number of nitrogens with zero attached hydrogens (tertiary/aromatic N) is 4. The minimum Gasteiger partial charge on any atom is -0.334 e. The van der Waals surface area contributed by atoms with Crippen LogP contribution in [0.25, 0.3) is 11.4 Å². The molecule has 2 fully saturated rings. The van der Waals surface area contributed by atoms with Crippen molar-refractivity contribution in [3.63, 3.8) is 0 Å². The van der Waals surface area contributed by atoms with Crippen molar-refractivity contribution in [2.45, 2.75) is 50.3 Å².